The first-order valence-corrected chi connectivity index (χ1v) is 8.37. The van der Waals surface area contributed by atoms with Gasteiger partial charge in [0.05, 0.1) is 6.54 Å². The highest BCUT2D eigenvalue weighted by Gasteiger charge is 2.32. The third-order valence-corrected chi connectivity index (χ3v) is 4.59. The van der Waals surface area contributed by atoms with Crippen molar-refractivity contribution < 1.29 is 4.74 Å². The van der Waals surface area contributed by atoms with E-state index < -0.39 is 0 Å². The third kappa shape index (κ3) is 6.04. The standard InChI is InChI=1S/C14H29N3OS/c1-5-15-13(17-12(3)4)16-11-14(19-6-2)7-9-18-10-8-14/h12H,5-11H2,1-4H3,(H2,15,16,17). The number of aliphatic imine (C=N–C) groups is 1. The lowest BCUT2D eigenvalue weighted by Crippen LogP contribution is -2.43. The van der Waals surface area contributed by atoms with Gasteiger partial charge in [-0.3, -0.25) is 4.99 Å². The van der Waals surface area contributed by atoms with Crippen LogP contribution in [0.5, 0.6) is 0 Å². The quantitative estimate of drug-likeness (QED) is 0.581. The van der Waals surface area contributed by atoms with Crippen molar-refractivity contribution in [1.82, 2.24) is 10.6 Å². The summed E-state index contributed by atoms with van der Waals surface area (Å²) in [4.78, 5) is 4.79. The molecule has 0 aliphatic carbocycles. The molecule has 0 spiro atoms. The van der Waals surface area contributed by atoms with Gasteiger partial charge in [-0.05, 0) is 39.4 Å². The minimum absolute atomic E-state index is 0.270. The second-order valence-corrected chi connectivity index (χ2v) is 6.95. The first-order chi connectivity index (χ1) is 9.12. The highest BCUT2D eigenvalue weighted by molar-refractivity contribution is 8.00. The molecule has 112 valence electrons. The lowest BCUT2D eigenvalue weighted by atomic mass is 9.99. The van der Waals surface area contributed by atoms with E-state index in [2.05, 4.69) is 38.3 Å². The Hall–Kier alpha value is -0.420. The molecule has 19 heavy (non-hydrogen) atoms. The molecule has 1 fully saturated rings. The summed E-state index contributed by atoms with van der Waals surface area (Å²) in [5, 5.41) is 6.69. The average Bonchev–Trinajstić information content (AvgIpc) is 2.37. The first-order valence-electron chi connectivity index (χ1n) is 7.38. The lowest BCUT2D eigenvalue weighted by molar-refractivity contribution is 0.0793. The smallest absolute Gasteiger partial charge is 0.191 e. The minimum atomic E-state index is 0.270. The molecule has 0 aromatic carbocycles. The molecule has 1 rings (SSSR count). The molecule has 0 aromatic rings. The van der Waals surface area contributed by atoms with E-state index in [4.69, 9.17) is 9.73 Å². The van der Waals surface area contributed by atoms with Gasteiger partial charge in [-0.2, -0.15) is 11.8 Å². The first kappa shape index (κ1) is 16.6. The molecule has 1 saturated heterocycles. The molecular weight excluding hydrogens is 258 g/mol. The highest BCUT2D eigenvalue weighted by Crippen LogP contribution is 2.35. The van der Waals surface area contributed by atoms with Crippen LogP contribution in [0, 0.1) is 0 Å². The topological polar surface area (TPSA) is 45.7 Å². The lowest BCUT2D eigenvalue weighted by Gasteiger charge is -2.35. The number of ether oxygens (including phenoxy) is 1. The molecule has 0 atom stereocenters. The largest absolute Gasteiger partial charge is 0.381 e. The highest BCUT2D eigenvalue weighted by atomic mass is 32.2. The van der Waals surface area contributed by atoms with Crippen LogP contribution >= 0.6 is 11.8 Å². The molecule has 0 aromatic heterocycles. The minimum Gasteiger partial charge on any atom is -0.381 e. The summed E-state index contributed by atoms with van der Waals surface area (Å²) >= 11 is 2.04. The predicted molar refractivity (Wildman–Crippen MR) is 85.2 cm³/mol. The molecule has 4 nitrogen and oxygen atoms in total. The van der Waals surface area contributed by atoms with Crippen LogP contribution in [0.15, 0.2) is 4.99 Å². The van der Waals surface area contributed by atoms with Crippen LogP contribution in [0.25, 0.3) is 0 Å². The number of thioether (sulfide) groups is 1. The van der Waals surface area contributed by atoms with E-state index >= 15 is 0 Å². The maximum absolute atomic E-state index is 5.50. The van der Waals surface area contributed by atoms with Crippen LogP contribution in [0.1, 0.15) is 40.5 Å². The molecular formula is C14H29N3OS. The normalized spacial score (nSPS) is 19.5. The van der Waals surface area contributed by atoms with Gasteiger partial charge in [-0.15, -0.1) is 0 Å². The van der Waals surface area contributed by atoms with E-state index in [1.165, 1.54) is 0 Å². The zero-order chi connectivity index (χ0) is 14.1. The Balaban J connectivity index is 2.64. The maximum atomic E-state index is 5.50. The number of nitrogens with one attached hydrogen (secondary N) is 2. The summed E-state index contributed by atoms with van der Waals surface area (Å²) in [7, 11) is 0. The van der Waals surface area contributed by atoms with E-state index in [1.54, 1.807) is 0 Å². The second kappa shape index (κ2) is 8.69. The summed E-state index contributed by atoms with van der Waals surface area (Å²) in [6.07, 6.45) is 2.21. The number of rotatable bonds is 6. The Morgan fingerprint density at radius 2 is 2.00 bits per heavy atom. The van der Waals surface area contributed by atoms with Crippen molar-refractivity contribution >= 4 is 17.7 Å². The van der Waals surface area contributed by atoms with Crippen molar-refractivity contribution in [3.05, 3.63) is 0 Å². The fraction of sp³-hybridized carbons (Fsp3) is 0.929. The van der Waals surface area contributed by atoms with E-state index in [1.807, 2.05) is 11.8 Å². The summed E-state index contributed by atoms with van der Waals surface area (Å²) in [5.74, 6) is 2.07. The molecule has 1 heterocycles. The van der Waals surface area contributed by atoms with Gasteiger partial charge in [0.15, 0.2) is 5.96 Å². The number of hydrogen-bond donors (Lipinski definition) is 2. The molecule has 0 saturated carbocycles. The van der Waals surface area contributed by atoms with Crippen LogP contribution in [-0.4, -0.2) is 48.8 Å². The maximum Gasteiger partial charge on any atom is 0.191 e. The summed E-state index contributed by atoms with van der Waals surface area (Å²) < 4.78 is 5.77. The van der Waals surface area contributed by atoms with E-state index in [9.17, 15) is 0 Å². The number of nitrogens with zero attached hydrogens (tertiary/aromatic N) is 1. The monoisotopic (exact) mass is 287 g/mol. The fourth-order valence-electron chi connectivity index (χ4n) is 2.21. The second-order valence-electron chi connectivity index (χ2n) is 5.22. The summed E-state index contributed by atoms with van der Waals surface area (Å²) in [6.45, 7) is 12.1. The van der Waals surface area contributed by atoms with Crippen molar-refractivity contribution in [2.45, 2.75) is 51.3 Å². The molecule has 0 amide bonds. The van der Waals surface area contributed by atoms with Crippen LogP contribution in [0.2, 0.25) is 0 Å². The zero-order valence-corrected chi connectivity index (χ0v) is 13.6. The average molecular weight is 287 g/mol. The Bertz CT molecular complexity index is 270. The summed E-state index contributed by atoms with van der Waals surface area (Å²) in [6, 6.07) is 0.405. The van der Waals surface area contributed by atoms with E-state index in [0.717, 1.165) is 50.9 Å². The van der Waals surface area contributed by atoms with Gasteiger partial charge in [0.2, 0.25) is 0 Å². The van der Waals surface area contributed by atoms with Crippen LogP contribution < -0.4 is 10.6 Å². The van der Waals surface area contributed by atoms with Gasteiger partial charge in [-0.1, -0.05) is 6.92 Å². The van der Waals surface area contributed by atoms with Crippen molar-refractivity contribution in [1.29, 1.82) is 0 Å². The SMILES string of the molecule is CCNC(=NCC1(SCC)CCOCC1)NC(C)C. The Kier molecular flexibility index (Phi) is 7.61. The van der Waals surface area contributed by atoms with Crippen molar-refractivity contribution in [3.63, 3.8) is 0 Å². The number of guanidine groups is 1. The van der Waals surface area contributed by atoms with Gasteiger partial charge in [0, 0.05) is 30.5 Å². The molecule has 0 radical (unpaired) electrons. The van der Waals surface area contributed by atoms with Gasteiger partial charge < -0.3 is 15.4 Å². The van der Waals surface area contributed by atoms with E-state index in [-0.39, 0.29) is 4.75 Å². The molecule has 2 N–H and O–H groups in total. The Morgan fingerprint density at radius 1 is 1.32 bits per heavy atom. The number of hydrogen-bond acceptors (Lipinski definition) is 3. The van der Waals surface area contributed by atoms with Crippen molar-refractivity contribution in [2.24, 2.45) is 4.99 Å². The van der Waals surface area contributed by atoms with Gasteiger partial charge in [0.1, 0.15) is 0 Å². The molecule has 1 aliphatic rings. The Labute approximate surface area is 122 Å². The molecule has 0 unspecified atom stereocenters. The predicted octanol–water partition coefficient (Wildman–Crippen LogP) is 2.25. The van der Waals surface area contributed by atoms with Crippen molar-refractivity contribution in [2.75, 3.05) is 32.1 Å². The van der Waals surface area contributed by atoms with Crippen LogP contribution in [-0.2, 0) is 4.74 Å². The van der Waals surface area contributed by atoms with Gasteiger partial charge >= 0.3 is 0 Å². The van der Waals surface area contributed by atoms with E-state index in [0.29, 0.717) is 6.04 Å². The van der Waals surface area contributed by atoms with Crippen LogP contribution in [0.3, 0.4) is 0 Å². The van der Waals surface area contributed by atoms with Gasteiger partial charge in [0.25, 0.3) is 0 Å². The molecule has 5 heteroatoms. The van der Waals surface area contributed by atoms with Crippen molar-refractivity contribution in [3.8, 4) is 0 Å². The molecule has 1 aliphatic heterocycles. The fourth-order valence-corrected chi connectivity index (χ4v) is 3.44. The van der Waals surface area contributed by atoms with Gasteiger partial charge in [-0.25, -0.2) is 0 Å². The summed E-state index contributed by atoms with van der Waals surface area (Å²) in [5.41, 5.74) is 0. The zero-order valence-electron chi connectivity index (χ0n) is 12.8. The van der Waals surface area contributed by atoms with Crippen LogP contribution in [0.4, 0.5) is 0 Å². The molecule has 0 bridgehead atoms. The third-order valence-electron chi connectivity index (χ3n) is 3.15. The Morgan fingerprint density at radius 3 is 2.53 bits per heavy atom.